The van der Waals surface area contributed by atoms with Crippen LogP contribution in [0, 0.1) is 5.92 Å². The quantitative estimate of drug-likeness (QED) is 0.867. The van der Waals surface area contributed by atoms with Gasteiger partial charge in [-0.25, -0.2) is 4.98 Å². The molecule has 2 heterocycles. The number of likely N-dealkylation sites (tertiary alicyclic amines) is 1. The number of thiazole rings is 1. The maximum atomic E-state index is 4.40. The molecule has 1 aliphatic rings. The largest absolute Gasteiger partial charge is 0.305 e. The van der Waals surface area contributed by atoms with Crippen molar-refractivity contribution in [3.8, 4) is 0 Å². The van der Waals surface area contributed by atoms with E-state index in [4.69, 9.17) is 0 Å². The minimum absolute atomic E-state index is 0.378. The summed E-state index contributed by atoms with van der Waals surface area (Å²) >= 11 is 1.74. The van der Waals surface area contributed by atoms with Gasteiger partial charge in [0.15, 0.2) is 0 Å². The number of aromatic nitrogens is 1. The highest BCUT2D eigenvalue weighted by atomic mass is 32.1. The SMILES string of the molecule is CCCN1CCC(C(C)NC(C)c2nccs2)CC1. The van der Waals surface area contributed by atoms with Crippen LogP contribution < -0.4 is 5.32 Å². The Hall–Kier alpha value is -0.450. The molecule has 3 nitrogen and oxygen atoms in total. The molecule has 1 saturated heterocycles. The van der Waals surface area contributed by atoms with Gasteiger partial charge in [-0.05, 0) is 58.7 Å². The molecule has 1 aliphatic heterocycles. The van der Waals surface area contributed by atoms with E-state index in [2.05, 4.69) is 41.4 Å². The van der Waals surface area contributed by atoms with Crippen molar-refractivity contribution < 1.29 is 0 Å². The highest BCUT2D eigenvalue weighted by molar-refractivity contribution is 7.09. The zero-order chi connectivity index (χ0) is 13.7. The zero-order valence-corrected chi connectivity index (χ0v) is 13.2. The average Bonchev–Trinajstić information content (AvgIpc) is 2.94. The molecule has 1 fully saturated rings. The van der Waals surface area contributed by atoms with Crippen molar-refractivity contribution in [3.05, 3.63) is 16.6 Å². The standard InChI is InChI=1S/C15H27N3S/c1-4-8-18-9-5-14(6-10-18)12(2)17-13(3)15-16-7-11-19-15/h7,11-14,17H,4-6,8-10H2,1-3H3. The summed E-state index contributed by atoms with van der Waals surface area (Å²) in [4.78, 5) is 7.00. The van der Waals surface area contributed by atoms with Crippen molar-refractivity contribution in [2.24, 2.45) is 5.92 Å². The summed E-state index contributed by atoms with van der Waals surface area (Å²) in [6.45, 7) is 10.6. The number of hydrogen-bond donors (Lipinski definition) is 1. The van der Waals surface area contributed by atoms with Crippen molar-refractivity contribution >= 4 is 11.3 Å². The molecule has 1 aromatic rings. The fourth-order valence-corrected chi connectivity index (χ4v) is 3.70. The molecule has 0 aliphatic carbocycles. The fraction of sp³-hybridized carbons (Fsp3) is 0.800. The van der Waals surface area contributed by atoms with Gasteiger partial charge in [0, 0.05) is 17.6 Å². The Kier molecular flexibility index (Phi) is 5.79. The third kappa shape index (κ3) is 4.26. The molecule has 2 atom stereocenters. The molecule has 2 unspecified atom stereocenters. The lowest BCUT2D eigenvalue weighted by Crippen LogP contribution is -2.42. The molecule has 1 aromatic heterocycles. The van der Waals surface area contributed by atoms with Crippen LogP contribution in [-0.4, -0.2) is 35.6 Å². The molecule has 4 heteroatoms. The van der Waals surface area contributed by atoms with E-state index in [1.807, 2.05) is 6.20 Å². The van der Waals surface area contributed by atoms with Gasteiger partial charge in [0.25, 0.3) is 0 Å². The van der Waals surface area contributed by atoms with E-state index < -0.39 is 0 Å². The first kappa shape index (κ1) is 14.9. The molecule has 0 aromatic carbocycles. The molecule has 19 heavy (non-hydrogen) atoms. The van der Waals surface area contributed by atoms with Gasteiger partial charge in [0.2, 0.25) is 0 Å². The molecule has 2 rings (SSSR count). The minimum Gasteiger partial charge on any atom is -0.305 e. The highest BCUT2D eigenvalue weighted by Gasteiger charge is 2.24. The van der Waals surface area contributed by atoms with Crippen LogP contribution in [0.25, 0.3) is 0 Å². The van der Waals surface area contributed by atoms with Crippen molar-refractivity contribution in [3.63, 3.8) is 0 Å². The Morgan fingerprint density at radius 1 is 1.42 bits per heavy atom. The Bertz CT molecular complexity index is 344. The van der Waals surface area contributed by atoms with E-state index >= 15 is 0 Å². The fourth-order valence-electron chi connectivity index (χ4n) is 3.04. The second-order valence-electron chi connectivity index (χ2n) is 5.73. The van der Waals surface area contributed by atoms with Crippen LogP contribution in [0.5, 0.6) is 0 Å². The predicted octanol–water partition coefficient (Wildman–Crippen LogP) is 3.30. The summed E-state index contributed by atoms with van der Waals surface area (Å²) in [5, 5.41) is 6.99. The Morgan fingerprint density at radius 3 is 2.74 bits per heavy atom. The van der Waals surface area contributed by atoms with E-state index in [0.29, 0.717) is 12.1 Å². The lowest BCUT2D eigenvalue weighted by Gasteiger charge is -2.35. The van der Waals surface area contributed by atoms with Gasteiger partial charge in [0.1, 0.15) is 5.01 Å². The molecule has 0 spiro atoms. The second kappa shape index (κ2) is 7.36. The first-order valence-electron chi connectivity index (χ1n) is 7.58. The van der Waals surface area contributed by atoms with Gasteiger partial charge in [-0.2, -0.15) is 0 Å². The normalized spacial score (nSPS) is 21.4. The van der Waals surface area contributed by atoms with Crippen LogP contribution in [0.2, 0.25) is 0 Å². The number of nitrogens with one attached hydrogen (secondary N) is 1. The average molecular weight is 281 g/mol. The van der Waals surface area contributed by atoms with Crippen LogP contribution in [0.4, 0.5) is 0 Å². The lowest BCUT2D eigenvalue weighted by atomic mass is 9.90. The zero-order valence-electron chi connectivity index (χ0n) is 12.4. The summed E-state index contributed by atoms with van der Waals surface area (Å²) in [6, 6.07) is 0.964. The molecule has 0 saturated carbocycles. The summed E-state index contributed by atoms with van der Waals surface area (Å²) in [6.07, 6.45) is 5.84. The van der Waals surface area contributed by atoms with Crippen LogP contribution in [0.1, 0.15) is 51.1 Å². The van der Waals surface area contributed by atoms with Crippen LogP contribution in [0.3, 0.4) is 0 Å². The van der Waals surface area contributed by atoms with Crippen LogP contribution in [0.15, 0.2) is 11.6 Å². The van der Waals surface area contributed by atoms with E-state index in [1.165, 1.54) is 43.9 Å². The molecular formula is C15H27N3S. The van der Waals surface area contributed by atoms with Gasteiger partial charge in [-0.3, -0.25) is 0 Å². The maximum Gasteiger partial charge on any atom is 0.109 e. The number of rotatable bonds is 6. The Labute approximate surface area is 121 Å². The van der Waals surface area contributed by atoms with Gasteiger partial charge < -0.3 is 10.2 Å². The van der Waals surface area contributed by atoms with Gasteiger partial charge in [0.05, 0.1) is 6.04 Å². The second-order valence-corrected chi connectivity index (χ2v) is 6.65. The Balaban J connectivity index is 1.76. The number of nitrogens with zero attached hydrogens (tertiary/aromatic N) is 2. The van der Waals surface area contributed by atoms with Gasteiger partial charge in [-0.1, -0.05) is 6.92 Å². The van der Waals surface area contributed by atoms with Crippen molar-refractivity contribution in [1.29, 1.82) is 0 Å². The topological polar surface area (TPSA) is 28.2 Å². The summed E-state index contributed by atoms with van der Waals surface area (Å²) in [5.74, 6) is 0.815. The van der Waals surface area contributed by atoms with Crippen LogP contribution in [-0.2, 0) is 0 Å². The first-order valence-corrected chi connectivity index (χ1v) is 8.46. The lowest BCUT2D eigenvalue weighted by molar-refractivity contribution is 0.159. The molecular weight excluding hydrogens is 254 g/mol. The smallest absolute Gasteiger partial charge is 0.109 e. The predicted molar refractivity (Wildman–Crippen MR) is 82.6 cm³/mol. The summed E-state index contributed by atoms with van der Waals surface area (Å²) in [5.41, 5.74) is 0. The van der Waals surface area contributed by atoms with E-state index in [9.17, 15) is 0 Å². The van der Waals surface area contributed by atoms with Crippen molar-refractivity contribution in [2.45, 2.75) is 52.1 Å². The molecule has 0 bridgehead atoms. The number of hydrogen-bond acceptors (Lipinski definition) is 4. The van der Waals surface area contributed by atoms with Gasteiger partial charge >= 0.3 is 0 Å². The van der Waals surface area contributed by atoms with E-state index in [0.717, 1.165) is 5.92 Å². The molecule has 108 valence electrons. The van der Waals surface area contributed by atoms with E-state index in [-0.39, 0.29) is 0 Å². The molecule has 0 amide bonds. The maximum absolute atomic E-state index is 4.40. The molecule has 1 N–H and O–H groups in total. The Morgan fingerprint density at radius 2 is 2.16 bits per heavy atom. The number of piperidine rings is 1. The van der Waals surface area contributed by atoms with Gasteiger partial charge in [-0.15, -0.1) is 11.3 Å². The highest BCUT2D eigenvalue weighted by Crippen LogP contribution is 2.23. The molecule has 0 radical (unpaired) electrons. The minimum atomic E-state index is 0.378. The van der Waals surface area contributed by atoms with E-state index in [1.54, 1.807) is 11.3 Å². The van der Waals surface area contributed by atoms with Crippen LogP contribution >= 0.6 is 11.3 Å². The summed E-state index contributed by atoms with van der Waals surface area (Å²) in [7, 11) is 0. The third-order valence-electron chi connectivity index (χ3n) is 4.21. The van der Waals surface area contributed by atoms with Crippen molar-refractivity contribution in [1.82, 2.24) is 15.2 Å². The monoisotopic (exact) mass is 281 g/mol. The third-order valence-corrected chi connectivity index (χ3v) is 5.17. The summed E-state index contributed by atoms with van der Waals surface area (Å²) < 4.78 is 0. The van der Waals surface area contributed by atoms with Crippen molar-refractivity contribution in [2.75, 3.05) is 19.6 Å². The first-order chi connectivity index (χ1) is 9.20.